The Hall–Kier alpha value is -3.48. The summed E-state index contributed by atoms with van der Waals surface area (Å²) in [5.41, 5.74) is 8.68. The smallest absolute Gasteiger partial charge is 0.240 e. The highest BCUT2D eigenvalue weighted by Crippen LogP contribution is 2.24. The highest BCUT2D eigenvalue weighted by atomic mass is 16.5. The number of hydrazone groups is 2. The van der Waals surface area contributed by atoms with Crippen molar-refractivity contribution in [3.63, 3.8) is 0 Å². The highest BCUT2D eigenvalue weighted by Gasteiger charge is 2.14. The van der Waals surface area contributed by atoms with Crippen molar-refractivity contribution in [2.24, 2.45) is 10.2 Å². The monoisotopic (exact) mass is 362 g/mol. The third kappa shape index (κ3) is 4.03. The van der Waals surface area contributed by atoms with Gasteiger partial charge >= 0.3 is 0 Å². The first-order valence-electron chi connectivity index (χ1n) is 8.77. The summed E-state index contributed by atoms with van der Waals surface area (Å²) in [4.78, 5) is 22.3. The normalized spacial score (nSPS) is 16.7. The van der Waals surface area contributed by atoms with Crippen molar-refractivity contribution in [2.75, 3.05) is 0 Å². The van der Waals surface area contributed by atoms with E-state index in [2.05, 4.69) is 21.1 Å². The van der Waals surface area contributed by atoms with Gasteiger partial charge in [0.25, 0.3) is 0 Å². The Labute approximate surface area is 156 Å². The van der Waals surface area contributed by atoms with Gasteiger partial charge in [-0.05, 0) is 59.7 Å². The molecule has 2 aromatic rings. The predicted octanol–water partition coefficient (Wildman–Crippen LogP) is 2.71. The zero-order valence-electron chi connectivity index (χ0n) is 14.6. The van der Waals surface area contributed by atoms with Crippen LogP contribution in [0.4, 0.5) is 0 Å². The summed E-state index contributed by atoms with van der Waals surface area (Å²) < 4.78 is 5.88. The first kappa shape index (κ1) is 17.0. The predicted molar refractivity (Wildman–Crippen MR) is 101 cm³/mol. The molecule has 0 fully saturated rings. The van der Waals surface area contributed by atoms with Crippen LogP contribution in [0.25, 0.3) is 0 Å². The second kappa shape index (κ2) is 7.41. The van der Waals surface area contributed by atoms with Crippen LogP contribution in [0.5, 0.6) is 11.5 Å². The molecule has 0 bridgehead atoms. The molecule has 2 amide bonds. The molecule has 2 heterocycles. The average Bonchev–Trinajstić information content (AvgIpc) is 2.71. The van der Waals surface area contributed by atoms with Gasteiger partial charge < -0.3 is 4.74 Å². The maximum absolute atomic E-state index is 11.2. The molecule has 136 valence electrons. The number of nitrogens with zero attached hydrogens (tertiary/aromatic N) is 2. The Balaban J connectivity index is 1.42. The standard InChI is InChI=1S/C20H18N4O3/c25-19-11-9-17(21-23-19)13-1-5-15(6-2-13)27-16-7-3-14(4-8-16)18-10-12-20(26)24-22-18/h1-8H,9-12H2,(H,23,25)(H,24,26). The molecule has 0 atom stereocenters. The Morgan fingerprint density at radius 2 is 1.04 bits per heavy atom. The Bertz CT molecular complexity index is 853. The quantitative estimate of drug-likeness (QED) is 0.876. The summed E-state index contributed by atoms with van der Waals surface area (Å²) in [6.45, 7) is 0. The van der Waals surface area contributed by atoms with E-state index in [1.807, 2.05) is 48.5 Å². The van der Waals surface area contributed by atoms with Gasteiger partial charge in [0.15, 0.2) is 0 Å². The number of nitrogens with one attached hydrogen (secondary N) is 2. The van der Waals surface area contributed by atoms with Crippen LogP contribution in [0.15, 0.2) is 58.7 Å². The second-order valence-corrected chi connectivity index (χ2v) is 6.34. The van der Waals surface area contributed by atoms with Crippen molar-refractivity contribution >= 4 is 23.2 Å². The number of carbonyl (C=O) groups excluding carboxylic acids is 2. The number of hydrogen-bond donors (Lipinski definition) is 2. The Morgan fingerprint density at radius 3 is 1.37 bits per heavy atom. The average molecular weight is 362 g/mol. The molecule has 4 rings (SSSR count). The molecule has 2 aromatic carbocycles. The van der Waals surface area contributed by atoms with E-state index in [-0.39, 0.29) is 11.8 Å². The molecule has 0 aromatic heterocycles. The van der Waals surface area contributed by atoms with Crippen molar-refractivity contribution in [1.29, 1.82) is 0 Å². The first-order valence-corrected chi connectivity index (χ1v) is 8.77. The fourth-order valence-electron chi connectivity index (χ4n) is 2.93. The van der Waals surface area contributed by atoms with Crippen LogP contribution in [-0.4, -0.2) is 23.2 Å². The fraction of sp³-hybridized carbons (Fsp3) is 0.200. The molecule has 0 radical (unpaired) electrons. The zero-order valence-corrected chi connectivity index (χ0v) is 14.6. The minimum Gasteiger partial charge on any atom is -0.457 e. The minimum atomic E-state index is -0.0521. The molecule has 0 aliphatic carbocycles. The van der Waals surface area contributed by atoms with Gasteiger partial charge in [-0.2, -0.15) is 10.2 Å². The van der Waals surface area contributed by atoms with Gasteiger partial charge in [0.05, 0.1) is 11.4 Å². The van der Waals surface area contributed by atoms with Crippen LogP contribution in [0, 0.1) is 0 Å². The summed E-state index contributed by atoms with van der Waals surface area (Å²) in [6, 6.07) is 15.2. The van der Waals surface area contributed by atoms with Gasteiger partial charge in [0.2, 0.25) is 11.8 Å². The summed E-state index contributed by atoms with van der Waals surface area (Å²) in [5, 5.41) is 8.18. The molecule has 7 heteroatoms. The lowest BCUT2D eigenvalue weighted by Crippen LogP contribution is -2.25. The second-order valence-electron chi connectivity index (χ2n) is 6.34. The molecule has 27 heavy (non-hydrogen) atoms. The molecule has 0 saturated heterocycles. The van der Waals surface area contributed by atoms with Crippen molar-refractivity contribution in [3.8, 4) is 11.5 Å². The van der Waals surface area contributed by atoms with E-state index >= 15 is 0 Å². The first-order chi connectivity index (χ1) is 13.2. The van der Waals surface area contributed by atoms with Crippen molar-refractivity contribution in [3.05, 3.63) is 59.7 Å². The number of rotatable bonds is 4. The summed E-state index contributed by atoms with van der Waals surface area (Å²) in [5.74, 6) is 1.33. The molecular weight excluding hydrogens is 344 g/mol. The Kier molecular flexibility index (Phi) is 4.65. The number of ether oxygens (including phenoxy) is 1. The van der Waals surface area contributed by atoms with Crippen LogP contribution in [0.3, 0.4) is 0 Å². The van der Waals surface area contributed by atoms with Crippen LogP contribution < -0.4 is 15.6 Å². The van der Waals surface area contributed by atoms with E-state index in [4.69, 9.17) is 4.74 Å². The minimum absolute atomic E-state index is 0.0521. The van der Waals surface area contributed by atoms with Crippen LogP contribution in [0.2, 0.25) is 0 Å². The van der Waals surface area contributed by atoms with Gasteiger partial charge in [-0.3, -0.25) is 9.59 Å². The topological polar surface area (TPSA) is 92.1 Å². The van der Waals surface area contributed by atoms with Crippen LogP contribution >= 0.6 is 0 Å². The Morgan fingerprint density at radius 1 is 0.630 bits per heavy atom. The van der Waals surface area contributed by atoms with E-state index in [0.717, 1.165) is 22.6 Å². The van der Waals surface area contributed by atoms with Crippen molar-refractivity contribution < 1.29 is 14.3 Å². The SMILES string of the molecule is O=C1CCC(c2ccc(Oc3ccc(C4=NNC(=O)CC4)cc3)cc2)=NN1. The third-order valence-corrected chi connectivity index (χ3v) is 4.42. The van der Waals surface area contributed by atoms with Gasteiger partial charge in [-0.1, -0.05) is 0 Å². The van der Waals surface area contributed by atoms with Crippen LogP contribution in [-0.2, 0) is 9.59 Å². The lowest BCUT2D eigenvalue weighted by molar-refractivity contribution is -0.122. The number of amides is 2. The molecule has 0 spiro atoms. The highest BCUT2D eigenvalue weighted by molar-refractivity contribution is 6.04. The summed E-state index contributed by atoms with van der Waals surface area (Å²) in [7, 11) is 0. The molecule has 0 unspecified atom stereocenters. The number of hydrogen-bond acceptors (Lipinski definition) is 5. The zero-order chi connectivity index (χ0) is 18.6. The summed E-state index contributed by atoms with van der Waals surface area (Å²) in [6.07, 6.45) is 2.19. The molecule has 0 saturated carbocycles. The molecule has 2 N–H and O–H groups in total. The van der Waals surface area contributed by atoms with Gasteiger partial charge in [-0.15, -0.1) is 0 Å². The lowest BCUT2D eigenvalue weighted by Gasteiger charge is -2.13. The third-order valence-electron chi connectivity index (χ3n) is 4.42. The van der Waals surface area contributed by atoms with Crippen molar-refractivity contribution in [1.82, 2.24) is 10.9 Å². The van der Waals surface area contributed by atoms with E-state index in [1.165, 1.54) is 0 Å². The maximum Gasteiger partial charge on any atom is 0.240 e. The molecule has 2 aliphatic rings. The largest absolute Gasteiger partial charge is 0.457 e. The molecular formula is C20H18N4O3. The van der Waals surface area contributed by atoms with Crippen molar-refractivity contribution in [2.45, 2.75) is 25.7 Å². The fourth-order valence-corrected chi connectivity index (χ4v) is 2.93. The van der Waals surface area contributed by atoms with E-state index in [0.29, 0.717) is 37.2 Å². The van der Waals surface area contributed by atoms with Crippen LogP contribution in [0.1, 0.15) is 36.8 Å². The van der Waals surface area contributed by atoms with Gasteiger partial charge in [0.1, 0.15) is 11.5 Å². The van der Waals surface area contributed by atoms with Gasteiger partial charge in [-0.25, -0.2) is 10.9 Å². The molecule has 7 nitrogen and oxygen atoms in total. The van der Waals surface area contributed by atoms with E-state index < -0.39 is 0 Å². The number of benzene rings is 2. The lowest BCUT2D eigenvalue weighted by atomic mass is 10.0. The molecule has 2 aliphatic heterocycles. The van der Waals surface area contributed by atoms with Gasteiger partial charge in [0, 0.05) is 25.7 Å². The van der Waals surface area contributed by atoms with E-state index in [9.17, 15) is 9.59 Å². The summed E-state index contributed by atoms with van der Waals surface area (Å²) >= 11 is 0. The number of carbonyl (C=O) groups is 2. The van der Waals surface area contributed by atoms with E-state index in [1.54, 1.807) is 0 Å². The maximum atomic E-state index is 11.2.